The van der Waals surface area contributed by atoms with Crippen molar-refractivity contribution in [2.24, 2.45) is 0 Å². The van der Waals surface area contributed by atoms with Crippen LogP contribution in [0.15, 0.2) is 29.7 Å². The maximum Gasteiger partial charge on any atom is 0.234 e. The smallest absolute Gasteiger partial charge is 0.234 e. The average Bonchev–Trinajstić information content (AvgIpc) is 2.41. The molecule has 0 heterocycles. The zero-order chi connectivity index (χ0) is 14.6. The first-order valence-corrected chi connectivity index (χ1v) is 8.53. The topological polar surface area (TPSA) is 66.4 Å². The summed E-state index contributed by atoms with van der Waals surface area (Å²) >= 11 is 5.76. The van der Waals surface area contributed by atoms with Gasteiger partial charge in [0.15, 0.2) is 0 Å². The normalized spacial score (nSPS) is 24.1. The zero-order valence-corrected chi connectivity index (χ0v) is 12.6. The quantitative estimate of drug-likeness (QED) is 0.897. The second-order valence-electron chi connectivity index (χ2n) is 4.98. The van der Waals surface area contributed by atoms with Crippen molar-refractivity contribution in [1.29, 1.82) is 0 Å². The fraction of sp³-hybridized carbons (Fsp3) is 0.429. The third-order valence-corrected chi connectivity index (χ3v) is 4.73. The van der Waals surface area contributed by atoms with Crippen LogP contribution in [0.2, 0.25) is 5.02 Å². The summed E-state index contributed by atoms with van der Waals surface area (Å²) < 4.78 is 26.4. The molecule has 2 rings (SSSR count). The number of aliphatic hydroxyl groups is 1. The lowest BCUT2D eigenvalue weighted by molar-refractivity contribution is 0.101. The van der Waals surface area contributed by atoms with Crippen molar-refractivity contribution in [2.75, 3.05) is 0 Å². The summed E-state index contributed by atoms with van der Waals surface area (Å²) in [4.78, 5) is 0. The predicted molar refractivity (Wildman–Crippen MR) is 80.8 cm³/mol. The maximum atomic E-state index is 11.9. The van der Waals surface area contributed by atoms with E-state index in [2.05, 4.69) is 4.72 Å². The van der Waals surface area contributed by atoms with Crippen molar-refractivity contribution in [2.45, 2.75) is 37.8 Å². The van der Waals surface area contributed by atoms with Gasteiger partial charge in [0, 0.05) is 16.5 Å². The summed E-state index contributed by atoms with van der Waals surface area (Å²) in [5.41, 5.74) is 0.754. The van der Waals surface area contributed by atoms with Crippen LogP contribution in [0.5, 0.6) is 0 Å². The van der Waals surface area contributed by atoms with Gasteiger partial charge in [-0.3, -0.25) is 0 Å². The highest BCUT2D eigenvalue weighted by molar-refractivity contribution is 7.92. The minimum absolute atomic E-state index is 0.386. The molecular weight excluding hydrogens is 298 g/mol. The van der Waals surface area contributed by atoms with Gasteiger partial charge in [0.2, 0.25) is 10.0 Å². The van der Waals surface area contributed by atoms with Crippen molar-refractivity contribution in [3.8, 4) is 0 Å². The van der Waals surface area contributed by atoms with Crippen LogP contribution in [0.25, 0.3) is 6.08 Å². The third-order valence-electron chi connectivity index (χ3n) is 3.35. The minimum Gasteiger partial charge on any atom is -0.391 e. The first kappa shape index (κ1) is 15.5. The van der Waals surface area contributed by atoms with Crippen LogP contribution < -0.4 is 4.72 Å². The molecule has 2 unspecified atom stereocenters. The van der Waals surface area contributed by atoms with E-state index in [4.69, 9.17) is 11.6 Å². The molecule has 1 aliphatic rings. The molecule has 0 radical (unpaired) electrons. The first-order valence-electron chi connectivity index (χ1n) is 6.60. The zero-order valence-electron chi connectivity index (χ0n) is 11.0. The Labute approximate surface area is 124 Å². The number of benzene rings is 1. The monoisotopic (exact) mass is 315 g/mol. The highest BCUT2D eigenvalue weighted by atomic mass is 35.5. The van der Waals surface area contributed by atoms with E-state index in [1.54, 1.807) is 24.3 Å². The maximum absolute atomic E-state index is 11.9. The van der Waals surface area contributed by atoms with Crippen LogP contribution in [0.3, 0.4) is 0 Å². The molecule has 0 spiro atoms. The van der Waals surface area contributed by atoms with Gasteiger partial charge in [-0.2, -0.15) is 0 Å². The molecule has 0 aliphatic heterocycles. The molecule has 0 amide bonds. The van der Waals surface area contributed by atoms with Gasteiger partial charge < -0.3 is 5.11 Å². The molecule has 1 aliphatic carbocycles. The number of halogens is 1. The number of hydrogen-bond donors (Lipinski definition) is 2. The number of sulfonamides is 1. The number of nitrogens with one attached hydrogen (secondary N) is 1. The lowest BCUT2D eigenvalue weighted by Crippen LogP contribution is -2.44. The molecule has 0 aromatic heterocycles. The van der Waals surface area contributed by atoms with Crippen LogP contribution in [0.1, 0.15) is 31.2 Å². The molecule has 0 saturated heterocycles. The Balaban J connectivity index is 2.01. The summed E-state index contributed by atoms with van der Waals surface area (Å²) in [6.45, 7) is 0. The molecule has 0 bridgehead atoms. The Morgan fingerprint density at radius 1 is 1.20 bits per heavy atom. The van der Waals surface area contributed by atoms with Gasteiger partial charge in [0.1, 0.15) is 0 Å². The van der Waals surface area contributed by atoms with Gasteiger partial charge in [0.25, 0.3) is 0 Å². The van der Waals surface area contributed by atoms with Crippen LogP contribution in [-0.2, 0) is 10.0 Å². The molecule has 20 heavy (non-hydrogen) atoms. The van der Waals surface area contributed by atoms with Gasteiger partial charge in [-0.05, 0) is 36.6 Å². The van der Waals surface area contributed by atoms with E-state index in [0.29, 0.717) is 17.9 Å². The molecule has 6 heteroatoms. The molecule has 110 valence electrons. The predicted octanol–water partition coefficient (Wildman–Crippen LogP) is 2.53. The third kappa shape index (κ3) is 4.59. The fourth-order valence-corrected chi connectivity index (χ4v) is 3.48. The summed E-state index contributed by atoms with van der Waals surface area (Å²) in [5.74, 6) is 0. The second kappa shape index (κ2) is 6.72. The molecule has 2 atom stereocenters. The number of hydrogen-bond acceptors (Lipinski definition) is 3. The van der Waals surface area contributed by atoms with Crippen LogP contribution in [0.4, 0.5) is 0 Å². The van der Waals surface area contributed by atoms with Crippen LogP contribution in [0, 0.1) is 0 Å². The van der Waals surface area contributed by atoms with Crippen molar-refractivity contribution < 1.29 is 13.5 Å². The molecular formula is C14H18ClNO3S. The Morgan fingerprint density at radius 3 is 2.50 bits per heavy atom. The van der Waals surface area contributed by atoms with Gasteiger partial charge in [-0.25, -0.2) is 13.1 Å². The van der Waals surface area contributed by atoms with Gasteiger partial charge in [-0.15, -0.1) is 0 Å². The van der Waals surface area contributed by atoms with E-state index in [9.17, 15) is 13.5 Å². The summed E-state index contributed by atoms with van der Waals surface area (Å²) in [6.07, 6.45) is 4.12. The highest BCUT2D eigenvalue weighted by Gasteiger charge is 2.26. The molecule has 1 saturated carbocycles. The van der Waals surface area contributed by atoms with Gasteiger partial charge in [0.05, 0.1) is 6.10 Å². The largest absolute Gasteiger partial charge is 0.391 e. The Bertz CT molecular complexity index is 569. The van der Waals surface area contributed by atoms with Crippen molar-refractivity contribution in [3.63, 3.8) is 0 Å². The van der Waals surface area contributed by atoms with Crippen molar-refractivity contribution >= 4 is 27.7 Å². The lowest BCUT2D eigenvalue weighted by Gasteiger charge is -2.27. The SMILES string of the molecule is O=S(=O)(C=Cc1ccc(Cl)cc1)NC1CCCCC1O. The van der Waals surface area contributed by atoms with E-state index < -0.39 is 16.1 Å². The van der Waals surface area contributed by atoms with E-state index in [-0.39, 0.29) is 6.04 Å². The Morgan fingerprint density at radius 2 is 1.85 bits per heavy atom. The molecule has 1 aromatic rings. The van der Waals surface area contributed by atoms with Crippen LogP contribution >= 0.6 is 11.6 Å². The summed E-state index contributed by atoms with van der Waals surface area (Å²) in [5, 5.41) is 11.5. The summed E-state index contributed by atoms with van der Waals surface area (Å²) in [7, 11) is -3.55. The minimum atomic E-state index is -3.55. The van der Waals surface area contributed by atoms with Crippen molar-refractivity contribution in [1.82, 2.24) is 4.72 Å². The number of aliphatic hydroxyl groups excluding tert-OH is 1. The van der Waals surface area contributed by atoms with E-state index in [1.165, 1.54) is 6.08 Å². The molecule has 2 N–H and O–H groups in total. The Kier molecular flexibility index (Phi) is 5.21. The van der Waals surface area contributed by atoms with E-state index in [1.807, 2.05) is 0 Å². The van der Waals surface area contributed by atoms with Crippen LogP contribution in [-0.4, -0.2) is 25.7 Å². The van der Waals surface area contributed by atoms with Crippen molar-refractivity contribution in [3.05, 3.63) is 40.3 Å². The highest BCUT2D eigenvalue weighted by Crippen LogP contribution is 2.19. The standard InChI is InChI=1S/C14H18ClNO3S/c15-12-7-5-11(6-8-12)9-10-20(18,19)16-13-3-1-2-4-14(13)17/h5-10,13-14,16-17H,1-4H2. The Hall–Kier alpha value is -0.880. The van der Waals surface area contributed by atoms with E-state index in [0.717, 1.165) is 23.8 Å². The first-order chi connectivity index (χ1) is 9.46. The lowest BCUT2D eigenvalue weighted by atomic mass is 9.93. The van der Waals surface area contributed by atoms with Gasteiger partial charge >= 0.3 is 0 Å². The summed E-state index contributed by atoms with van der Waals surface area (Å²) in [6, 6.07) is 6.50. The molecule has 4 nitrogen and oxygen atoms in total. The second-order valence-corrected chi connectivity index (χ2v) is 7.01. The number of rotatable bonds is 4. The average molecular weight is 316 g/mol. The van der Waals surface area contributed by atoms with E-state index >= 15 is 0 Å². The molecule has 1 aromatic carbocycles. The molecule has 1 fully saturated rings. The van der Waals surface area contributed by atoms with Gasteiger partial charge in [-0.1, -0.05) is 36.6 Å². The fourth-order valence-electron chi connectivity index (χ4n) is 2.24.